The number of carbonyl (C=O) groups is 1. The Morgan fingerprint density at radius 3 is 2.89 bits per heavy atom. The third-order valence-corrected chi connectivity index (χ3v) is 4.81. The fourth-order valence-electron chi connectivity index (χ4n) is 4.03. The van der Waals surface area contributed by atoms with E-state index in [0.29, 0.717) is 5.78 Å². The van der Waals surface area contributed by atoms with E-state index in [1.54, 1.807) is 0 Å². The van der Waals surface area contributed by atoms with Gasteiger partial charge in [0.05, 0.1) is 12.0 Å². The molecule has 0 aromatic carbocycles. The molecule has 1 unspecified atom stereocenters. The normalized spacial score (nSPS) is 46.6. The molecule has 3 heteroatoms. The van der Waals surface area contributed by atoms with Gasteiger partial charge in [-0.3, -0.25) is 4.79 Å². The SMILES string of the molecule is CC(C)OC1C=C[C@@]2(CC[C@@]3(C)CCC(=O)[C@H]32)O1. The smallest absolute Gasteiger partial charge is 0.178 e. The lowest BCUT2D eigenvalue weighted by Gasteiger charge is -2.32. The van der Waals surface area contributed by atoms with Crippen molar-refractivity contribution in [1.29, 1.82) is 0 Å². The van der Waals surface area contributed by atoms with Gasteiger partial charge in [-0.25, -0.2) is 0 Å². The van der Waals surface area contributed by atoms with E-state index < -0.39 is 0 Å². The summed E-state index contributed by atoms with van der Waals surface area (Å²) in [4.78, 5) is 12.2. The van der Waals surface area contributed by atoms with Crippen LogP contribution in [0.25, 0.3) is 0 Å². The maximum atomic E-state index is 12.2. The molecule has 1 heterocycles. The molecule has 0 N–H and O–H groups in total. The molecule has 100 valence electrons. The minimum absolute atomic E-state index is 0.0435. The molecule has 0 saturated heterocycles. The Morgan fingerprint density at radius 1 is 1.39 bits per heavy atom. The van der Waals surface area contributed by atoms with Gasteiger partial charge in [-0.05, 0) is 44.6 Å². The van der Waals surface area contributed by atoms with Crippen LogP contribution in [0.4, 0.5) is 0 Å². The number of Topliss-reactive ketones (excluding diaryl/α,β-unsaturated/α-hetero) is 1. The molecule has 4 atom stereocenters. The van der Waals surface area contributed by atoms with Gasteiger partial charge in [0.25, 0.3) is 0 Å². The first kappa shape index (κ1) is 12.4. The first-order chi connectivity index (χ1) is 8.45. The quantitative estimate of drug-likeness (QED) is 0.707. The fourth-order valence-corrected chi connectivity index (χ4v) is 4.03. The van der Waals surface area contributed by atoms with Crippen LogP contribution in [0.15, 0.2) is 12.2 Å². The molecule has 18 heavy (non-hydrogen) atoms. The minimum Gasteiger partial charge on any atom is -0.346 e. The number of ketones is 1. The molecular weight excluding hydrogens is 228 g/mol. The van der Waals surface area contributed by atoms with Crippen molar-refractivity contribution in [3.05, 3.63) is 12.2 Å². The van der Waals surface area contributed by atoms with Gasteiger partial charge in [0.2, 0.25) is 0 Å². The van der Waals surface area contributed by atoms with Crippen LogP contribution in [0, 0.1) is 11.3 Å². The van der Waals surface area contributed by atoms with Gasteiger partial charge < -0.3 is 9.47 Å². The molecule has 3 rings (SSSR count). The molecule has 0 aromatic heterocycles. The molecule has 2 fully saturated rings. The topological polar surface area (TPSA) is 35.5 Å². The summed E-state index contributed by atoms with van der Waals surface area (Å²) in [7, 11) is 0. The van der Waals surface area contributed by atoms with Crippen LogP contribution in [0.1, 0.15) is 46.5 Å². The van der Waals surface area contributed by atoms with Crippen molar-refractivity contribution < 1.29 is 14.3 Å². The zero-order valence-corrected chi connectivity index (χ0v) is 11.4. The number of hydrogen-bond donors (Lipinski definition) is 0. The van der Waals surface area contributed by atoms with E-state index in [1.165, 1.54) is 0 Å². The van der Waals surface area contributed by atoms with E-state index in [2.05, 4.69) is 13.0 Å². The molecule has 2 saturated carbocycles. The van der Waals surface area contributed by atoms with Crippen molar-refractivity contribution in [3.8, 4) is 0 Å². The summed E-state index contributed by atoms with van der Waals surface area (Å²) in [6.45, 7) is 6.24. The van der Waals surface area contributed by atoms with Crippen LogP contribution in [0.3, 0.4) is 0 Å². The maximum absolute atomic E-state index is 12.2. The Hall–Kier alpha value is -0.670. The van der Waals surface area contributed by atoms with Crippen molar-refractivity contribution in [3.63, 3.8) is 0 Å². The molecule has 1 spiro atoms. The molecule has 0 radical (unpaired) electrons. The molecule has 0 aromatic rings. The van der Waals surface area contributed by atoms with E-state index in [0.717, 1.165) is 25.7 Å². The Bertz CT molecular complexity index is 401. The number of rotatable bonds is 2. The highest BCUT2D eigenvalue weighted by atomic mass is 16.7. The highest BCUT2D eigenvalue weighted by molar-refractivity contribution is 5.86. The van der Waals surface area contributed by atoms with E-state index in [-0.39, 0.29) is 29.3 Å². The van der Waals surface area contributed by atoms with Gasteiger partial charge >= 0.3 is 0 Å². The number of ether oxygens (including phenoxy) is 2. The van der Waals surface area contributed by atoms with Crippen LogP contribution >= 0.6 is 0 Å². The number of fused-ring (bicyclic) bond motifs is 2. The first-order valence-electron chi connectivity index (χ1n) is 7.01. The van der Waals surface area contributed by atoms with Crippen molar-refractivity contribution >= 4 is 5.78 Å². The second kappa shape index (κ2) is 3.91. The van der Waals surface area contributed by atoms with Gasteiger partial charge in [-0.2, -0.15) is 0 Å². The van der Waals surface area contributed by atoms with Gasteiger partial charge in [0, 0.05) is 6.42 Å². The summed E-state index contributed by atoms with van der Waals surface area (Å²) in [6.07, 6.45) is 7.72. The molecule has 3 nitrogen and oxygen atoms in total. The van der Waals surface area contributed by atoms with Crippen LogP contribution < -0.4 is 0 Å². The Balaban J connectivity index is 1.82. The lowest BCUT2D eigenvalue weighted by Crippen LogP contribution is -2.41. The van der Waals surface area contributed by atoms with E-state index in [9.17, 15) is 4.79 Å². The second-order valence-corrected chi connectivity index (χ2v) is 6.54. The lowest BCUT2D eigenvalue weighted by molar-refractivity contribution is -0.184. The highest BCUT2D eigenvalue weighted by Crippen LogP contribution is 2.59. The minimum atomic E-state index is -0.373. The van der Waals surface area contributed by atoms with Crippen molar-refractivity contribution in [2.45, 2.75) is 64.4 Å². The first-order valence-corrected chi connectivity index (χ1v) is 7.01. The van der Waals surface area contributed by atoms with Gasteiger partial charge in [0.1, 0.15) is 11.4 Å². The Kier molecular flexibility index (Phi) is 2.69. The summed E-state index contributed by atoms with van der Waals surface area (Å²) in [5.74, 6) is 0.423. The van der Waals surface area contributed by atoms with Crippen molar-refractivity contribution in [1.82, 2.24) is 0 Å². The number of carbonyl (C=O) groups excluding carboxylic acids is 1. The monoisotopic (exact) mass is 250 g/mol. The molecule has 0 bridgehead atoms. The predicted molar refractivity (Wildman–Crippen MR) is 68.0 cm³/mol. The van der Waals surface area contributed by atoms with Crippen LogP contribution in [-0.4, -0.2) is 23.8 Å². The third-order valence-electron chi connectivity index (χ3n) is 4.81. The summed E-state index contributed by atoms with van der Waals surface area (Å²) in [5.41, 5.74) is -0.226. The summed E-state index contributed by atoms with van der Waals surface area (Å²) in [5, 5.41) is 0. The molecule has 2 aliphatic carbocycles. The van der Waals surface area contributed by atoms with Gasteiger partial charge in [-0.15, -0.1) is 0 Å². The standard InChI is InChI=1S/C15H22O3/c1-10(2)17-12-5-7-15(18-12)9-8-14(3)6-4-11(16)13(14)15/h5,7,10,12-13H,4,6,8-9H2,1-3H3/t12?,13-,14-,15+/m1/s1. The predicted octanol–water partition coefficient (Wildman–Crippen LogP) is 2.84. The summed E-state index contributed by atoms with van der Waals surface area (Å²) in [6, 6.07) is 0. The zero-order chi connectivity index (χ0) is 13.0. The molecule has 1 aliphatic heterocycles. The fraction of sp³-hybridized carbons (Fsp3) is 0.800. The number of hydrogen-bond acceptors (Lipinski definition) is 3. The summed E-state index contributed by atoms with van der Waals surface area (Å²) >= 11 is 0. The second-order valence-electron chi connectivity index (χ2n) is 6.54. The van der Waals surface area contributed by atoms with Crippen LogP contribution in [0.5, 0.6) is 0 Å². The highest BCUT2D eigenvalue weighted by Gasteiger charge is 2.62. The van der Waals surface area contributed by atoms with Gasteiger partial charge in [0.15, 0.2) is 6.29 Å². The average Bonchev–Trinajstić information content (AvgIpc) is 2.88. The van der Waals surface area contributed by atoms with E-state index in [1.807, 2.05) is 19.9 Å². The third kappa shape index (κ3) is 1.68. The summed E-state index contributed by atoms with van der Waals surface area (Å²) < 4.78 is 11.8. The molecule has 3 aliphatic rings. The van der Waals surface area contributed by atoms with Crippen LogP contribution in [-0.2, 0) is 14.3 Å². The van der Waals surface area contributed by atoms with Crippen LogP contribution in [0.2, 0.25) is 0 Å². The van der Waals surface area contributed by atoms with E-state index in [4.69, 9.17) is 9.47 Å². The maximum Gasteiger partial charge on any atom is 0.178 e. The largest absolute Gasteiger partial charge is 0.346 e. The van der Waals surface area contributed by atoms with Crippen molar-refractivity contribution in [2.75, 3.05) is 0 Å². The lowest BCUT2D eigenvalue weighted by atomic mass is 9.78. The molecular formula is C15H22O3. The zero-order valence-electron chi connectivity index (χ0n) is 11.4. The molecule has 0 amide bonds. The average molecular weight is 250 g/mol. The van der Waals surface area contributed by atoms with Gasteiger partial charge in [-0.1, -0.05) is 13.0 Å². The van der Waals surface area contributed by atoms with E-state index >= 15 is 0 Å². The Morgan fingerprint density at radius 2 is 2.17 bits per heavy atom. The Labute approximate surface area is 109 Å². The van der Waals surface area contributed by atoms with Crippen molar-refractivity contribution in [2.24, 2.45) is 11.3 Å².